The van der Waals surface area contributed by atoms with Crippen LogP contribution in [0.1, 0.15) is 5.56 Å². The highest BCUT2D eigenvalue weighted by Gasteiger charge is 2.09. The molecule has 2 N–H and O–H groups in total. The van der Waals surface area contributed by atoms with Crippen LogP contribution in [0.15, 0.2) is 24.4 Å². The number of aromatic nitrogens is 1. The van der Waals surface area contributed by atoms with E-state index in [1.165, 1.54) is 0 Å². The van der Waals surface area contributed by atoms with E-state index in [9.17, 15) is 5.11 Å². The molecule has 0 fully saturated rings. The van der Waals surface area contributed by atoms with Crippen LogP contribution in [-0.4, -0.2) is 21.8 Å². The minimum atomic E-state index is -0.267. The summed E-state index contributed by atoms with van der Waals surface area (Å²) in [5.41, 5.74) is 0.780. The predicted octanol–water partition coefficient (Wildman–Crippen LogP) is 1.94. The summed E-state index contributed by atoms with van der Waals surface area (Å²) in [4.78, 5) is 4.05. The maximum atomic E-state index is 9.90. The molecule has 0 aliphatic heterocycles. The van der Waals surface area contributed by atoms with Crippen molar-refractivity contribution in [1.82, 2.24) is 4.98 Å². The van der Waals surface area contributed by atoms with Gasteiger partial charge in [0.05, 0.1) is 10.6 Å². The van der Waals surface area contributed by atoms with Gasteiger partial charge in [-0.15, -0.1) is 0 Å². The van der Waals surface area contributed by atoms with E-state index in [-0.39, 0.29) is 12.4 Å². The number of fused-ring (bicyclic) bond motifs is 1. The Morgan fingerprint density at radius 1 is 1.44 bits per heavy atom. The molecule has 16 heavy (non-hydrogen) atoms. The maximum absolute atomic E-state index is 9.90. The largest absolute Gasteiger partial charge is 0.504 e. The normalized spacial score (nSPS) is 9.88. The van der Waals surface area contributed by atoms with Crippen molar-refractivity contribution in [3.63, 3.8) is 0 Å². The Bertz CT molecular complexity index is 599. The number of hydrogen-bond acceptors (Lipinski definition) is 3. The zero-order valence-corrected chi connectivity index (χ0v) is 8.99. The molecular weight excluding hydrogens is 226 g/mol. The molecule has 0 atom stereocenters. The number of pyridine rings is 1. The van der Waals surface area contributed by atoms with E-state index in [0.717, 1.165) is 0 Å². The van der Waals surface area contributed by atoms with Crippen molar-refractivity contribution in [2.45, 2.75) is 0 Å². The molecule has 80 valence electrons. The Kier molecular flexibility index (Phi) is 2.95. The highest BCUT2D eigenvalue weighted by molar-refractivity contribution is 6.35. The third-order valence-corrected chi connectivity index (χ3v) is 2.43. The Morgan fingerprint density at radius 3 is 3.00 bits per heavy atom. The van der Waals surface area contributed by atoms with Crippen LogP contribution >= 0.6 is 11.6 Å². The molecule has 1 aromatic carbocycles. The summed E-state index contributed by atoms with van der Waals surface area (Å²) in [6, 6.07) is 5.07. The fourth-order valence-corrected chi connectivity index (χ4v) is 1.68. The van der Waals surface area contributed by atoms with Crippen LogP contribution < -0.4 is 0 Å². The minimum Gasteiger partial charge on any atom is -0.504 e. The first-order valence-electron chi connectivity index (χ1n) is 4.60. The van der Waals surface area contributed by atoms with E-state index >= 15 is 0 Å². The van der Waals surface area contributed by atoms with E-state index in [0.29, 0.717) is 21.5 Å². The second-order valence-corrected chi connectivity index (χ2v) is 3.52. The Balaban J connectivity index is 2.75. The number of hydrogen-bond donors (Lipinski definition) is 2. The van der Waals surface area contributed by atoms with Gasteiger partial charge in [-0.2, -0.15) is 0 Å². The van der Waals surface area contributed by atoms with E-state index in [1.807, 2.05) is 0 Å². The fraction of sp³-hybridized carbons (Fsp3) is 0.0833. The summed E-state index contributed by atoms with van der Waals surface area (Å²) in [5.74, 6) is 5.06. The first-order chi connectivity index (χ1) is 7.74. The lowest BCUT2D eigenvalue weighted by molar-refractivity contribution is 0.350. The smallest absolute Gasteiger partial charge is 0.157 e. The second-order valence-electron chi connectivity index (χ2n) is 3.11. The van der Waals surface area contributed by atoms with Gasteiger partial charge in [-0.25, -0.2) is 0 Å². The molecule has 0 spiro atoms. The fourth-order valence-electron chi connectivity index (χ4n) is 1.42. The number of aliphatic hydroxyl groups is 1. The standard InChI is InChI=1S/C12H8ClNO2/c13-10-7-8(3-2-6-15)12(16)11-9(10)4-1-5-14-11/h1,4-5,7,15-16H,6H2. The van der Waals surface area contributed by atoms with Crippen molar-refractivity contribution in [2.24, 2.45) is 0 Å². The number of benzene rings is 1. The van der Waals surface area contributed by atoms with E-state index in [1.54, 1.807) is 24.4 Å². The molecule has 3 nitrogen and oxygen atoms in total. The third kappa shape index (κ3) is 1.81. The van der Waals surface area contributed by atoms with E-state index in [2.05, 4.69) is 16.8 Å². The van der Waals surface area contributed by atoms with Crippen molar-refractivity contribution in [3.8, 4) is 17.6 Å². The monoisotopic (exact) mass is 233 g/mol. The van der Waals surface area contributed by atoms with Crippen LogP contribution in [0, 0.1) is 11.8 Å². The van der Waals surface area contributed by atoms with Crippen molar-refractivity contribution >= 4 is 22.5 Å². The van der Waals surface area contributed by atoms with Crippen LogP contribution in [-0.2, 0) is 0 Å². The molecule has 0 aliphatic carbocycles. The number of nitrogens with zero attached hydrogens (tertiary/aromatic N) is 1. The molecular formula is C12H8ClNO2. The average molecular weight is 234 g/mol. The van der Waals surface area contributed by atoms with Gasteiger partial charge in [-0.05, 0) is 18.2 Å². The molecule has 4 heteroatoms. The highest BCUT2D eigenvalue weighted by atomic mass is 35.5. The summed E-state index contributed by atoms with van der Waals surface area (Å²) in [6.45, 7) is -0.267. The van der Waals surface area contributed by atoms with Crippen LogP contribution in [0.25, 0.3) is 10.9 Å². The molecule has 1 aromatic heterocycles. The molecule has 0 aliphatic rings. The Morgan fingerprint density at radius 2 is 2.25 bits per heavy atom. The lowest BCUT2D eigenvalue weighted by atomic mass is 10.1. The van der Waals surface area contributed by atoms with Crippen molar-refractivity contribution in [1.29, 1.82) is 0 Å². The summed E-state index contributed by atoms with van der Waals surface area (Å²) < 4.78 is 0. The van der Waals surface area contributed by atoms with Crippen molar-refractivity contribution < 1.29 is 10.2 Å². The number of phenolic OH excluding ortho intramolecular Hbond substituents is 1. The highest BCUT2D eigenvalue weighted by Crippen LogP contribution is 2.32. The lowest BCUT2D eigenvalue weighted by Crippen LogP contribution is -1.85. The van der Waals surface area contributed by atoms with Gasteiger partial charge in [0.15, 0.2) is 5.75 Å². The van der Waals surface area contributed by atoms with Gasteiger partial charge in [-0.1, -0.05) is 23.4 Å². The van der Waals surface area contributed by atoms with E-state index in [4.69, 9.17) is 16.7 Å². The summed E-state index contributed by atoms with van der Waals surface area (Å²) in [7, 11) is 0. The maximum Gasteiger partial charge on any atom is 0.157 e. The average Bonchev–Trinajstić information content (AvgIpc) is 2.32. The molecule has 2 rings (SSSR count). The van der Waals surface area contributed by atoms with Gasteiger partial charge in [0.25, 0.3) is 0 Å². The number of halogens is 1. The predicted molar refractivity (Wildman–Crippen MR) is 62.4 cm³/mol. The summed E-state index contributed by atoms with van der Waals surface area (Å²) in [5, 5.41) is 19.6. The Labute approximate surface area is 97.3 Å². The van der Waals surface area contributed by atoms with Crippen LogP contribution in [0.5, 0.6) is 5.75 Å². The first-order valence-corrected chi connectivity index (χ1v) is 4.97. The van der Waals surface area contributed by atoms with Gasteiger partial charge in [0.1, 0.15) is 12.1 Å². The zero-order valence-electron chi connectivity index (χ0n) is 8.24. The van der Waals surface area contributed by atoms with Crippen molar-refractivity contribution in [2.75, 3.05) is 6.61 Å². The lowest BCUT2D eigenvalue weighted by Gasteiger charge is -2.04. The van der Waals surface area contributed by atoms with Crippen LogP contribution in [0.2, 0.25) is 5.02 Å². The quantitative estimate of drug-likeness (QED) is 0.684. The van der Waals surface area contributed by atoms with Gasteiger partial charge in [-0.3, -0.25) is 4.98 Å². The molecule has 0 saturated heterocycles. The molecule has 0 amide bonds. The second kappa shape index (κ2) is 4.40. The van der Waals surface area contributed by atoms with Gasteiger partial charge < -0.3 is 10.2 Å². The summed E-state index contributed by atoms with van der Waals surface area (Å²) in [6.07, 6.45) is 1.57. The van der Waals surface area contributed by atoms with Gasteiger partial charge in [0.2, 0.25) is 0 Å². The number of rotatable bonds is 0. The molecule has 0 unspecified atom stereocenters. The Hall–Kier alpha value is -1.76. The molecule has 0 bridgehead atoms. The number of aromatic hydroxyl groups is 1. The minimum absolute atomic E-state index is 0.0130. The molecule has 0 radical (unpaired) electrons. The molecule has 1 heterocycles. The molecule has 2 aromatic rings. The summed E-state index contributed by atoms with van der Waals surface area (Å²) >= 11 is 6.03. The SMILES string of the molecule is OCC#Cc1cc(Cl)c2cccnc2c1O. The number of aliphatic hydroxyl groups excluding tert-OH is 1. The van der Waals surface area contributed by atoms with E-state index < -0.39 is 0 Å². The van der Waals surface area contributed by atoms with Crippen molar-refractivity contribution in [3.05, 3.63) is 35.0 Å². The molecule has 0 saturated carbocycles. The zero-order chi connectivity index (χ0) is 11.5. The van der Waals surface area contributed by atoms with Crippen LogP contribution in [0.3, 0.4) is 0 Å². The van der Waals surface area contributed by atoms with Gasteiger partial charge in [0, 0.05) is 11.6 Å². The topological polar surface area (TPSA) is 53.4 Å². The van der Waals surface area contributed by atoms with Crippen LogP contribution in [0.4, 0.5) is 0 Å². The number of phenols is 1. The first kappa shape index (κ1) is 10.7. The third-order valence-electron chi connectivity index (χ3n) is 2.12. The van der Waals surface area contributed by atoms with Gasteiger partial charge >= 0.3 is 0 Å².